The van der Waals surface area contributed by atoms with Gasteiger partial charge in [0.15, 0.2) is 0 Å². The van der Waals surface area contributed by atoms with E-state index in [1.807, 2.05) is 5.57 Å². The number of hydrogen-bond acceptors (Lipinski definition) is 0. The fourth-order valence-electron chi connectivity index (χ4n) is 3.57. The lowest BCUT2D eigenvalue weighted by Gasteiger charge is -2.20. The molecule has 2 fully saturated rings. The largest absolute Gasteiger partial charge is 0.0848 e. The monoisotopic (exact) mass is 162 g/mol. The van der Waals surface area contributed by atoms with E-state index in [-0.39, 0.29) is 0 Å². The molecule has 0 spiro atoms. The second-order valence-corrected chi connectivity index (χ2v) is 4.92. The van der Waals surface area contributed by atoms with Crippen molar-refractivity contribution in [3.63, 3.8) is 0 Å². The summed E-state index contributed by atoms with van der Waals surface area (Å²) >= 11 is 0. The summed E-state index contributed by atoms with van der Waals surface area (Å²) in [6.07, 6.45) is 14.5. The van der Waals surface area contributed by atoms with Crippen molar-refractivity contribution in [2.75, 3.05) is 0 Å². The summed E-state index contributed by atoms with van der Waals surface area (Å²) in [5.74, 6) is 1.13. The normalized spacial score (nSPS) is 45.3. The molecular formula is C12H18. The molecule has 0 heteroatoms. The summed E-state index contributed by atoms with van der Waals surface area (Å²) < 4.78 is 0. The Bertz CT molecular complexity index is 226. The molecule has 0 amide bonds. The zero-order chi connectivity index (χ0) is 8.02. The van der Waals surface area contributed by atoms with E-state index >= 15 is 0 Å². The molecule has 0 aromatic carbocycles. The molecule has 0 nitrogen and oxygen atoms in total. The van der Waals surface area contributed by atoms with Crippen LogP contribution < -0.4 is 0 Å². The van der Waals surface area contributed by atoms with Gasteiger partial charge in [0, 0.05) is 0 Å². The van der Waals surface area contributed by atoms with E-state index in [1.54, 1.807) is 6.42 Å². The lowest BCUT2D eigenvalue weighted by molar-refractivity contribution is 0.520. The van der Waals surface area contributed by atoms with Crippen LogP contribution in [0.5, 0.6) is 0 Å². The van der Waals surface area contributed by atoms with Crippen molar-refractivity contribution in [3.8, 4) is 0 Å². The van der Waals surface area contributed by atoms with Gasteiger partial charge in [0.1, 0.15) is 0 Å². The minimum Gasteiger partial charge on any atom is -0.0848 e. The van der Waals surface area contributed by atoms with Crippen LogP contribution in [0.4, 0.5) is 0 Å². The lowest BCUT2D eigenvalue weighted by atomic mass is 9.85. The molecule has 66 valence electrons. The van der Waals surface area contributed by atoms with Crippen molar-refractivity contribution in [1.82, 2.24) is 0 Å². The third-order valence-electron chi connectivity index (χ3n) is 4.34. The average Bonchev–Trinajstić information content (AvgIpc) is 2.72. The van der Waals surface area contributed by atoms with Crippen LogP contribution in [0.15, 0.2) is 11.6 Å². The SMILES string of the molecule is C1=C([C@]23CCC[C@H]2C3)CCCC1. The van der Waals surface area contributed by atoms with Crippen LogP contribution in [-0.4, -0.2) is 0 Å². The van der Waals surface area contributed by atoms with Gasteiger partial charge in [0.25, 0.3) is 0 Å². The van der Waals surface area contributed by atoms with Crippen molar-refractivity contribution in [2.24, 2.45) is 11.3 Å². The predicted octanol–water partition coefficient (Wildman–Crippen LogP) is 3.68. The van der Waals surface area contributed by atoms with Crippen LogP contribution >= 0.6 is 0 Å². The molecule has 2 atom stereocenters. The molecule has 0 bridgehead atoms. The van der Waals surface area contributed by atoms with Gasteiger partial charge in [-0.3, -0.25) is 0 Å². The summed E-state index contributed by atoms with van der Waals surface area (Å²) in [5, 5.41) is 0. The van der Waals surface area contributed by atoms with Crippen LogP contribution in [0.2, 0.25) is 0 Å². The smallest absolute Gasteiger partial charge is 0.00566 e. The van der Waals surface area contributed by atoms with Gasteiger partial charge in [-0.2, -0.15) is 0 Å². The van der Waals surface area contributed by atoms with Crippen molar-refractivity contribution in [1.29, 1.82) is 0 Å². The van der Waals surface area contributed by atoms with Gasteiger partial charge in [-0.1, -0.05) is 18.1 Å². The number of fused-ring (bicyclic) bond motifs is 1. The molecule has 12 heavy (non-hydrogen) atoms. The second kappa shape index (κ2) is 2.37. The molecule has 0 heterocycles. The molecule has 3 aliphatic carbocycles. The average molecular weight is 162 g/mol. The maximum absolute atomic E-state index is 2.58. The predicted molar refractivity (Wildman–Crippen MR) is 50.9 cm³/mol. The Morgan fingerprint density at radius 2 is 2.25 bits per heavy atom. The first-order valence-electron chi connectivity index (χ1n) is 5.61. The van der Waals surface area contributed by atoms with Gasteiger partial charge in [-0.25, -0.2) is 0 Å². The van der Waals surface area contributed by atoms with Crippen LogP contribution in [0.25, 0.3) is 0 Å². The molecule has 0 aromatic rings. The Balaban J connectivity index is 1.84. The van der Waals surface area contributed by atoms with E-state index in [1.165, 1.54) is 44.9 Å². The van der Waals surface area contributed by atoms with Crippen LogP contribution in [0, 0.1) is 11.3 Å². The molecule has 0 unspecified atom stereocenters. The van der Waals surface area contributed by atoms with Gasteiger partial charge in [0.05, 0.1) is 0 Å². The molecule has 0 N–H and O–H groups in total. The van der Waals surface area contributed by atoms with Gasteiger partial charge < -0.3 is 0 Å². The van der Waals surface area contributed by atoms with Crippen molar-refractivity contribution >= 4 is 0 Å². The van der Waals surface area contributed by atoms with E-state index in [0.717, 1.165) is 11.3 Å². The zero-order valence-electron chi connectivity index (χ0n) is 7.81. The number of allylic oxidation sites excluding steroid dienone is 2. The van der Waals surface area contributed by atoms with Gasteiger partial charge in [-0.05, 0) is 56.3 Å². The quantitative estimate of drug-likeness (QED) is 0.516. The Labute approximate surface area is 75.0 Å². The van der Waals surface area contributed by atoms with Gasteiger partial charge in [-0.15, -0.1) is 0 Å². The molecule has 0 aliphatic heterocycles. The number of rotatable bonds is 1. The first-order valence-corrected chi connectivity index (χ1v) is 5.61. The second-order valence-electron chi connectivity index (χ2n) is 4.92. The summed E-state index contributed by atoms with van der Waals surface area (Å²) in [4.78, 5) is 0. The molecule has 3 rings (SSSR count). The Morgan fingerprint density at radius 1 is 1.25 bits per heavy atom. The van der Waals surface area contributed by atoms with Crippen LogP contribution in [0.1, 0.15) is 51.4 Å². The van der Waals surface area contributed by atoms with E-state index in [4.69, 9.17) is 0 Å². The molecular weight excluding hydrogens is 144 g/mol. The maximum Gasteiger partial charge on any atom is -0.00566 e. The summed E-state index contributed by atoms with van der Waals surface area (Å²) in [5.41, 5.74) is 2.66. The Kier molecular flexibility index (Phi) is 1.42. The standard InChI is InChI=1S/C12H18/c1-2-5-10(6-3-1)12-8-4-7-11(12)9-12/h5,11H,1-4,6-9H2/t11-,12+/m0/s1. The van der Waals surface area contributed by atoms with Crippen LogP contribution in [0.3, 0.4) is 0 Å². The van der Waals surface area contributed by atoms with Gasteiger partial charge in [0.2, 0.25) is 0 Å². The molecule has 2 saturated carbocycles. The highest BCUT2D eigenvalue weighted by atomic mass is 14.6. The Morgan fingerprint density at radius 3 is 2.83 bits per heavy atom. The minimum atomic E-state index is 0.792. The van der Waals surface area contributed by atoms with E-state index in [0.29, 0.717) is 0 Å². The minimum absolute atomic E-state index is 0.792. The Hall–Kier alpha value is -0.260. The molecule has 0 radical (unpaired) electrons. The fourth-order valence-corrected chi connectivity index (χ4v) is 3.57. The molecule has 0 saturated heterocycles. The summed E-state index contributed by atoms with van der Waals surface area (Å²) in [6, 6.07) is 0. The van der Waals surface area contributed by atoms with Crippen LogP contribution in [-0.2, 0) is 0 Å². The van der Waals surface area contributed by atoms with E-state index in [9.17, 15) is 0 Å². The van der Waals surface area contributed by atoms with Crippen molar-refractivity contribution < 1.29 is 0 Å². The molecule has 3 aliphatic rings. The maximum atomic E-state index is 2.58. The summed E-state index contributed by atoms with van der Waals surface area (Å²) in [6.45, 7) is 0. The third-order valence-corrected chi connectivity index (χ3v) is 4.34. The molecule has 0 aromatic heterocycles. The van der Waals surface area contributed by atoms with E-state index < -0.39 is 0 Å². The fraction of sp³-hybridized carbons (Fsp3) is 0.833. The zero-order valence-corrected chi connectivity index (χ0v) is 7.81. The highest BCUT2D eigenvalue weighted by Gasteiger charge is 2.58. The highest BCUT2D eigenvalue weighted by molar-refractivity contribution is 5.28. The lowest BCUT2D eigenvalue weighted by Crippen LogP contribution is -2.06. The summed E-state index contributed by atoms with van der Waals surface area (Å²) in [7, 11) is 0. The van der Waals surface area contributed by atoms with Gasteiger partial charge >= 0.3 is 0 Å². The van der Waals surface area contributed by atoms with Crippen molar-refractivity contribution in [3.05, 3.63) is 11.6 Å². The third kappa shape index (κ3) is 0.841. The highest BCUT2D eigenvalue weighted by Crippen LogP contribution is 2.68. The first kappa shape index (κ1) is 7.17. The van der Waals surface area contributed by atoms with Crippen molar-refractivity contribution in [2.45, 2.75) is 51.4 Å². The van der Waals surface area contributed by atoms with E-state index in [2.05, 4.69) is 6.08 Å². The topological polar surface area (TPSA) is 0 Å². The first-order chi connectivity index (χ1) is 5.92. The number of hydrogen-bond donors (Lipinski definition) is 0.